The molecule has 0 aliphatic carbocycles. The van der Waals surface area contributed by atoms with E-state index in [2.05, 4.69) is 31.4 Å². The van der Waals surface area contributed by atoms with Crippen LogP contribution in [0.5, 0.6) is 0 Å². The number of amides is 1. The summed E-state index contributed by atoms with van der Waals surface area (Å²) < 4.78 is 5.55. The average Bonchev–Trinajstić information content (AvgIpc) is 2.17. The predicted octanol–water partition coefficient (Wildman–Crippen LogP) is 1.59. The molecule has 0 aliphatic heterocycles. The van der Waals surface area contributed by atoms with Crippen molar-refractivity contribution in [2.45, 2.75) is 39.7 Å². The van der Waals surface area contributed by atoms with Gasteiger partial charge in [0.1, 0.15) is 0 Å². The van der Waals surface area contributed by atoms with Gasteiger partial charge in [0.2, 0.25) is 5.91 Å². The quantitative estimate of drug-likeness (QED) is 0.623. The molecule has 0 spiro atoms. The van der Waals surface area contributed by atoms with Gasteiger partial charge in [-0.05, 0) is 26.3 Å². The zero-order valence-corrected chi connectivity index (χ0v) is 12.2. The first-order chi connectivity index (χ1) is 7.56. The molecule has 0 rings (SSSR count). The number of rotatable bonds is 9. The Bertz CT molecular complexity index is 189. The molecule has 0 aromatic carbocycles. The van der Waals surface area contributed by atoms with Gasteiger partial charge in [-0.25, -0.2) is 0 Å². The molecule has 0 fully saturated rings. The van der Waals surface area contributed by atoms with Gasteiger partial charge in [-0.3, -0.25) is 4.79 Å². The summed E-state index contributed by atoms with van der Waals surface area (Å²) in [7, 11) is 1.86. The van der Waals surface area contributed by atoms with Crippen LogP contribution >= 0.6 is 12.4 Å². The highest BCUT2D eigenvalue weighted by Gasteiger charge is 2.06. The number of likely N-dealkylation sites (N-methyl/N-ethyl adjacent to an activating group) is 1. The third-order valence-corrected chi connectivity index (χ3v) is 2.23. The molecule has 17 heavy (non-hydrogen) atoms. The van der Waals surface area contributed by atoms with Crippen molar-refractivity contribution in [1.29, 1.82) is 0 Å². The first-order valence-electron chi connectivity index (χ1n) is 6.09. The second kappa shape index (κ2) is 12.1. The molecule has 2 N–H and O–H groups in total. The van der Waals surface area contributed by atoms with E-state index in [1.807, 2.05) is 7.05 Å². The standard InChI is InChI=1S/C12H26N2O2.ClH/c1-10(2)9-11(3)16-8-5-12(15)14-7-6-13-4;/h10-11,13H,5-9H2,1-4H3,(H,14,15);1H. The maximum absolute atomic E-state index is 11.3. The van der Waals surface area contributed by atoms with Gasteiger partial charge in [-0.2, -0.15) is 0 Å². The van der Waals surface area contributed by atoms with E-state index in [9.17, 15) is 4.79 Å². The Morgan fingerprint density at radius 3 is 2.41 bits per heavy atom. The van der Waals surface area contributed by atoms with Crippen molar-refractivity contribution < 1.29 is 9.53 Å². The van der Waals surface area contributed by atoms with Crippen molar-refractivity contribution in [1.82, 2.24) is 10.6 Å². The summed E-state index contributed by atoms with van der Waals surface area (Å²) in [6.07, 6.45) is 1.73. The van der Waals surface area contributed by atoms with Crippen LogP contribution in [0, 0.1) is 5.92 Å². The van der Waals surface area contributed by atoms with E-state index in [4.69, 9.17) is 4.74 Å². The molecule has 0 saturated carbocycles. The van der Waals surface area contributed by atoms with Gasteiger partial charge in [-0.15, -0.1) is 12.4 Å². The van der Waals surface area contributed by atoms with Gasteiger partial charge < -0.3 is 15.4 Å². The molecular weight excluding hydrogens is 240 g/mol. The molecule has 104 valence electrons. The molecule has 1 amide bonds. The Hall–Kier alpha value is -0.320. The molecule has 4 nitrogen and oxygen atoms in total. The summed E-state index contributed by atoms with van der Waals surface area (Å²) >= 11 is 0. The van der Waals surface area contributed by atoms with Gasteiger partial charge in [0.05, 0.1) is 12.7 Å². The molecule has 0 saturated heterocycles. The lowest BCUT2D eigenvalue weighted by molar-refractivity contribution is -0.122. The molecule has 0 heterocycles. The zero-order chi connectivity index (χ0) is 12.4. The molecule has 1 unspecified atom stereocenters. The minimum absolute atomic E-state index is 0. The van der Waals surface area contributed by atoms with Crippen molar-refractivity contribution in [3.8, 4) is 0 Å². The van der Waals surface area contributed by atoms with Crippen LogP contribution in [-0.2, 0) is 9.53 Å². The zero-order valence-electron chi connectivity index (χ0n) is 11.4. The van der Waals surface area contributed by atoms with Crippen molar-refractivity contribution in [3.05, 3.63) is 0 Å². The fourth-order valence-corrected chi connectivity index (χ4v) is 1.50. The Labute approximate surface area is 111 Å². The normalized spacial score (nSPS) is 12.1. The predicted molar refractivity (Wildman–Crippen MR) is 73.7 cm³/mol. The minimum atomic E-state index is 0. The van der Waals surface area contributed by atoms with E-state index in [0.717, 1.165) is 13.0 Å². The summed E-state index contributed by atoms with van der Waals surface area (Å²) in [5.41, 5.74) is 0. The summed E-state index contributed by atoms with van der Waals surface area (Å²) in [6.45, 7) is 8.39. The van der Waals surface area contributed by atoms with Gasteiger partial charge in [0.25, 0.3) is 0 Å². The third kappa shape index (κ3) is 13.6. The fourth-order valence-electron chi connectivity index (χ4n) is 1.50. The molecule has 0 bridgehead atoms. The molecule has 1 atom stereocenters. The highest BCUT2D eigenvalue weighted by Crippen LogP contribution is 2.07. The largest absolute Gasteiger partial charge is 0.378 e. The first kappa shape index (κ1) is 19.0. The van der Waals surface area contributed by atoms with Crippen molar-refractivity contribution >= 4 is 18.3 Å². The maximum atomic E-state index is 11.3. The van der Waals surface area contributed by atoms with E-state index in [1.165, 1.54) is 0 Å². The van der Waals surface area contributed by atoms with Crippen LogP contribution in [0.15, 0.2) is 0 Å². The Kier molecular flexibility index (Phi) is 13.6. The van der Waals surface area contributed by atoms with Crippen LogP contribution in [0.25, 0.3) is 0 Å². The number of hydrogen-bond acceptors (Lipinski definition) is 3. The van der Waals surface area contributed by atoms with Gasteiger partial charge in [-0.1, -0.05) is 13.8 Å². The number of carbonyl (C=O) groups excluding carboxylic acids is 1. The second-order valence-electron chi connectivity index (χ2n) is 4.51. The van der Waals surface area contributed by atoms with E-state index in [1.54, 1.807) is 0 Å². The summed E-state index contributed by atoms with van der Waals surface area (Å²) in [5.74, 6) is 0.700. The number of halogens is 1. The van der Waals surface area contributed by atoms with E-state index >= 15 is 0 Å². The highest BCUT2D eigenvalue weighted by molar-refractivity contribution is 5.85. The number of nitrogens with one attached hydrogen (secondary N) is 2. The molecule has 0 aromatic heterocycles. The smallest absolute Gasteiger partial charge is 0.222 e. The van der Waals surface area contributed by atoms with Crippen LogP contribution in [0.4, 0.5) is 0 Å². The van der Waals surface area contributed by atoms with Gasteiger partial charge in [0.15, 0.2) is 0 Å². The molecule has 0 radical (unpaired) electrons. The molecule has 5 heteroatoms. The lowest BCUT2D eigenvalue weighted by Crippen LogP contribution is -2.31. The van der Waals surface area contributed by atoms with E-state index < -0.39 is 0 Å². The van der Waals surface area contributed by atoms with Gasteiger partial charge in [0, 0.05) is 19.5 Å². The molecule has 0 aromatic rings. The summed E-state index contributed by atoms with van der Waals surface area (Å²) in [6, 6.07) is 0. The summed E-state index contributed by atoms with van der Waals surface area (Å²) in [4.78, 5) is 11.3. The van der Waals surface area contributed by atoms with Crippen LogP contribution in [0.1, 0.15) is 33.6 Å². The minimum Gasteiger partial charge on any atom is -0.378 e. The fraction of sp³-hybridized carbons (Fsp3) is 0.917. The number of carbonyl (C=O) groups is 1. The number of ether oxygens (including phenoxy) is 1. The lowest BCUT2D eigenvalue weighted by atomic mass is 10.1. The lowest BCUT2D eigenvalue weighted by Gasteiger charge is -2.14. The molecular formula is C12H27ClN2O2. The van der Waals surface area contributed by atoms with Crippen molar-refractivity contribution in [2.75, 3.05) is 26.7 Å². The van der Waals surface area contributed by atoms with Crippen molar-refractivity contribution in [3.63, 3.8) is 0 Å². The second-order valence-corrected chi connectivity index (χ2v) is 4.51. The highest BCUT2D eigenvalue weighted by atomic mass is 35.5. The van der Waals surface area contributed by atoms with Crippen LogP contribution in [-0.4, -0.2) is 38.8 Å². The van der Waals surface area contributed by atoms with Crippen LogP contribution in [0.3, 0.4) is 0 Å². The van der Waals surface area contributed by atoms with Crippen molar-refractivity contribution in [2.24, 2.45) is 5.92 Å². The Balaban J connectivity index is 0. The summed E-state index contributed by atoms with van der Waals surface area (Å²) in [5, 5.41) is 5.79. The topological polar surface area (TPSA) is 50.4 Å². The van der Waals surface area contributed by atoms with Crippen LogP contribution in [0.2, 0.25) is 0 Å². The maximum Gasteiger partial charge on any atom is 0.222 e. The third-order valence-electron chi connectivity index (χ3n) is 2.23. The number of hydrogen-bond donors (Lipinski definition) is 2. The SMILES string of the molecule is CNCCNC(=O)CCOC(C)CC(C)C.Cl. The molecule has 0 aliphatic rings. The average molecular weight is 267 g/mol. The van der Waals surface area contributed by atoms with E-state index in [0.29, 0.717) is 25.5 Å². The first-order valence-corrected chi connectivity index (χ1v) is 6.09. The van der Waals surface area contributed by atoms with Crippen LogP contribution < -0.4 is 10.6 Å². The Morgan fingerprint density at radius 1 is 1.24 bits per heavy atom. The Morgan fingerprint density at radius 2 is 1.88 bits per heavy atom. The monoisotopic (exact) mass is 266 g/mol. The van der Waals surface area contributed by atoms with Gasteiger partial charge >= 0.3 is 0 Å². The van der Waals surface area contributed by atoms with E-state index in [-0.39, 0.29) is 24.4 Å².